The molecule has 0 aromatic heterocycles. The summed E-state index contributed by atoms with van der Waals surface area (Å²) in [4.78, 5) is 11.7. The summed E-state index contributed by atoms with van der Waals surface area (Å²) in [5, 5.41) is 3.86. The largest absolute Gasteiger partial charge is 0.379 e. The van der Waals surface area contributed by atoms with Gasteiger partial charge in [0.25, 0.3) is 0 Å². The molecule has 3 nitrogen and oxygen atoms in total. The van der Waals surface area contributed by atoms with E-state index in [1.807, 2.05) is 13.8 Å². The maximum absolute atomic E-state index is 11.7. The molecule has 0 radical (unpaired) electrons. The van der Waals surface area contributed by atoms with Gasteiger partial charge >= 0.3 is 0 Å². The van der Waals surface area contributed by atoms with Gasteiger partial charge in [-0.15, -0.1) is 0 Å². The Morgan fingerprint density at radius 1 is 1.32 bits per heavy atom. The maximum Gasteiger partial charge on any atom is 0.224 e. The molecule has 0 aliphatic rings. The molecule has 0 unspecified atom stereocenters. The topological polar surface area (TPSA) is 38.3 Å². The highest BCUT2D eigenvalue weighted by Crippen LogP contribution is 2.24. The molecule has 0 bridgehead atoms. The predicted molar refractivity (Wildman–Crippen MR) is 78.9 cm³/mol. The van der Waals surface area contributed by atoms with Crippen LogP contribution in [0.2, 0.25) is 10.0 Å². The van der Waals surface area contributed by atoms with Crippen molar-refractivity contribution in [2.75, 3.05) is 13.2 Å². The average Bonchev–Trinajstić information content (AvgIpc) is 2.33. The summed E-state index contributed by atoms with van der Waals surface area (Å²) in [5.41, 5.74) is 0.668. The highest BCUT2D eigenvalue weighted by atomic mass is 35.5. The van der Waals surface area contributed by atoms with Crippen LogP contribution in [-0.4, -0.2) is 25.2 Å². The molecular weight excluding hydrogens is 285 g/mol. The standard InChI is InChI=1S/C14H19Cl2NO2/c1-10(2)19-8-4-7-17-14(18)9-11-12(15)5-3-6-13(11)16/h3,5-6,10H,4,7-9H2,1-2H3,(H,17,18). The lowest BCUT2D eigenvalue weighted by Crippen LogP contribution is -2.27. The van der Waals surface area contributed by atoms with Crippen molar-refractivity contribution in [3.63, 3.8) is 0 Å². The number of hydrogen-bond acceptors (Lipinski definition) is 2. The Kier molecular flexibility index (Phi) is 7.21. The first-order valence-electron chi connectivity index (χ1n) is 6.32. The molecule has 1 rings (SSSR count). The van der Waals surface area contributed by atoms with E-state index in [0.29, 0.717) is 28.8 Å². The number of amides is 1. The third-order valence-electron chi connectivity index (χ3n) is 2.49. The van der Waals surface area contributed by atoms with Gasteiger partial charge in [-0.05, 0) is 38.0 Å². The van der Waals surface area contributed by atoms with Gasteiger partial charge in [-0.1, -0.05) is 29.3 Å². The smallest absolute Gasteiger partial charge is 0.224 e. The van der Waals surface area contributed by atoms with Crippen LogP contribution in [0.3, 0.4) is 0 Å². The Labute approximate surface area is 124 Å². The molecule has 0 saturated carbocycles. The van der Waals surface area contributed by atoms with Crippen LogP contribution in [-0.2, 0) is 16.0 Å². The number of hydrogen-bond donors (Lipinski definition) is 1. The zero-order chi connectivity index (χ0) is 14.3. The zero-order valence-electron chi connectivity index (χ0n) is 11.2. The van der Waals surface area contributed by atoms with E-state index < -0.39 is 0 Å². The van der Waals surface area contributed by atoms with Crippen molar-refractivity contribution in [1.29, 1.82) is 0 Å². The van der Waals surface area contributed by atoms with Crippen molar-refractivity contribution < 1.29 is 9.53 Å². The molecule has 106 valence electrons. The van der Waals surface area contributed by atoms with Gasteiger partial charge in [0.1, 0.15) is 0 Å². The lowest BCUT2D eigenvalue weighted by molar-refractivity contribution is -0.120. The second-order valence-electron chi connectivity index (χ2n) is 4.50. The summed E-state index contributed by atoms with van der Waals surface area (Å²) >= 11 is 12.0. The summed E-state index contributed by atoms with van der Waals surface area (Å²) in [5.74, 6) is -0.0838. The van der Waals surface area contributed by atoms with Crippen LogP contribution < -0.4 is 5.32 Å². The Hall–Kier alpha value is -0.770. The van der Waals surface area contributed by atoms with Crippen molar-refractivity contribution >= 4 is 29.1 Å². The number of halogens is 2. The van der Waals surface area contributed by atoms with Crippen LogP contribution in [0.4, 0.5) is 0 Å². The van der Waals surface area contributed by atoms with E-state index in [1.165, 1.54) is 0 Å². The fourth-order valence-electron chi connectivity index (χ4n) is 1.54. The lowest BCUT2D eigenvalue weighted by Gasteiger charge is -2.09. The number of benzene rings is 1. The number of ether oxygens (including phenoxy) is 1. The Morgan fingerprint density at radius 3 is 2.53 bits per heavy atom. The summed E-state index contributed by atoms with van der Waals surface area (Å²) in [6.45, 7) is 5.20. The summed E-state index contributed by atoms with van der Waals surface area (Å²) in [6.07, 6.45) is 1.21. The molecular formula is C14H19Cl2NO2. The monoisotopic (exact) mass is 303 g/mol. The lowest BCUT2D eigenvalue weighted by atomic mass is 10.1. The minimum absolute atomic E-state index is 0.0838. The van der Waals surface area contributed by atoms with Crippen LogP contribution in [0, 0.1) is 0 Å². The Balaban J connectivity index is 2.32. The van der Waals surface area contributed by atoms with E-state index in [1.54, 1.807) is 18.2 Å². The number of nitrogens with one attached hydrogen (secondary N) is 1. The first-order chi connectivity index (χ1) is 9.00. The molecule has 1 N–H and O–H groups in total. The van der Waals surface area contributed by atoms with E-state index in [-0.39, 0.29) is 18.4 Å². The van der Waals surface area contributed by atoms with Gasteiger partial charge in [0.15, 0.2) is 0 Å². The van der Waals surface area contributed by atoms with Gasteiger partial charge in [-0.2, -0.15) is 0 Å². The Morgan fingerprint density at radius 2 is 1.95 bits per heavy atom. The first-order valence-corrected chi connectivity index (χ1v) is 7.07. The van der Waals surface area contributed by atoms with Gasteiger partial charge < -0.3 is 10.1 Å². The average molecular weight is 304 g/mol. The number of carbonyl (C=O) groups excluding carboxylic acids is 1. The molecule has 0 atom stereocenters. The van der Waals surface area contributed by atoms with Crippen molar-refractivity contribution in [2.45, 2.75) is 32.8 Å². The van der Waals surface area contributed by atoms with E-state index >= 15 is 0 Å². The van der Waals surface area contributed by atoms with E-state index in [9.17, 15) is 4.79 Å². The van der Waals surface area contributed by atoms with Crippen LogP contribution in [0.25, 0.3) is 0 Å². The SMILES string of the molecule is CC(C)OCCCNC(=O)Cc1c(Cl)cccc1Cl. The van der Waals surface area contributed by atoms with Gasteiger partial charge in [0.05, 0.1) is 12.5 Å². The molecule has 5 heteroatoms. The molecule has 0 aliphatic carbocycles. The predicted octanol–water partition coefficient (Wildman–Crippen LogP) is 3.47. The first kappa shape index (κ1) is 16.3. The number of carbonyl (C=O) groups is 1. The van der Waals surface area contributed by atoms with Crippen molar-refractivity contribution in [3.8, 4) is 0 Å². The molecule has 0 heterocycles. The molecule has 1 aromatic carbocycles. The minimum Gasteiger partial charge on any atom is -0.379 e. The van der Waals surface area contributed by atoms with Crippen molar-refractivity contribution in [3.05, 3.63) is 33.8 Å². The summed E-state index contributed by atoms with van der Waals surface area (Å²) < 4.78 is 5.39. The summed E-state index contributed by atoms with van der Waals surface area (Å²) in [7, 11) is 0. The van der Waals surface area contributed by atoms with E-state index in [4.69, 9.17) is 27.9 Å². The van der Waals surface area contributed by atoms with Crippen LogP contribution >= 0.6 is 23.2 Å². The number of rotatable bonds is 7. The quantitative estimate of drug-likeness (QED) is 0.783. The van der Waals surface area contributed by atoms with Crippen LogP contribution in [0.1, 0.15) is 25.8 Å². The van der Waals surface area contributed by atoms with Gasteiger partial charge in [-0.25, -0.2) is 0 Å². The van der Waals surface area contributed by atoms with Gasteiger partial charge in [0.2, 0.25) is 5.91 Å². The second-order valence-corrected chi connectivity index (χ2v) is 5.31. The van der Waals surface area contributed by atoms with Gasteiger partial charge in [0, 0.05) is 23.2 Å². The normalized spacial score (nSPS) is 10.8. The molecule has 19 heavy (non-hydrogen) atoms. The van der Waals surface area contributed by atoms with Crippen molar-refractivity contribution in [1.82, 2.24) is 5.32 Å². The van der Waals surface area contributed by atoms with Crippen LogP contribution in [0.15, 0.2) is 18.2 Å². The highest BCUT2D eigenvalue weighted by molar-refractivity contribution is 6.36. The molecule has 0 spiro atoms. The highest BCUT2D eigenvalue weighted by Gasteiger charge is 2.10. The fraction of sp³-hybridized carbons (Fsp3) is 0.500. The molecule has 0 saturated heterocycles. The van der Waals surface area contributed by atoms with Crippen LogP contribution in [0.5, 0.6) is 0 Å². The fourth-order valence-corrected chi connectivity index (χ4v) is 2.07. The molecule has 0 fully saturated rings. The van der Waals surface area contributed by atoms with Gasteiger partial charge in [-0.3, -0.25) is 4.79 Å². The van der Waals surface area contributed by atoms with Crippen molar-refractivity contribution in [2.24, 2.45) is 0 Å². The third kappa shape index (κ3) is 6.28. The van der Waals surface area contributed by atoms with E-state index in [0.717, 1.165) is 6.42 Å². The molecule has 1 aromatic rings. The molecule has 0 aliphatic heterocycles. The second kappa shape index (κ2) is 8.41. The zero-order valence-corrected chi connectivity index (χ0v) is 12.7. The van der Waals surface area contributed by atoms with E-state index in [2.05, 4.69) is 5.32 Å². The summed E-state index contributed by atoms with van der Waals surface area (Å²) in [6, 6.07) is 5.22. The third-order valence-corrected chi connectivity index (χ3v) is 3.20. The Bertz CT molecular complexity index is 402. The molecule has 1 amide bonds. The minimum atomic E-state index is -0.0838. The maximum atomic E-state index is 11.7.